The molecule has 0 spiro atoms. The monoisotopic (exact) mass is 397 g/mol. The van der Waals surface area contributed by atoms with Gasteiger partial charge in [-0.15, -0.1) is 10.2 Å². The summed E-state index contributed by atoms with van der Waals surface area (Å²) in [5.41, 5.74) is 0.943. The molecule has 3 heterocycles. The van der Waals surface area contributed by atoms with Gasteiger partial charge in [0.2, 0.25) is 10.0 Å². The van der Waals surface area contributed by atoms with Crippen LogP contribution in [0, 0.1) is 0 Å². The number of piperidine rings is 1. The molecule has 2 fully saturated rings. The smallest absolute Gasteiger partial charge is 0.243 e. The van der Waals surface area contributed by atoms with Gasteiger partial charge in [0.15, 0.2) is 0 Å². The Morgan fingerprint density at radius 1 is 1.00 bits per heavy atom. The average molecular weight is 398 g/mol. The van der Waals surface area contributed by atoms with Crippen molar-refractivity contribution in [3.8, 4) is 5.69 Å². The highest BCUT2D eigenvalue weighted by Crippen LogP contribution is 2.38. The maximum Gasteiger partial charge on any atom is 0.243 e. The second-order valence-corrected chi connectivity index (χ2v) is 9.55. The fourth-order valence-corrected chi connectivity index (χ4v) is 5.52. The summed E-state index contributed by atoms with van der Waals surface area (Å²) < 4.78 is 32.1. The number of benzene rings is 1. The second kappa shape index (κ2) is 6.86. The van der Waals surface area contributed by atoms with Gasteiger partial charge in [0.05, 0.1) is 4.90 Å². The topological polar surface area (TPSA) is 73.0 Å². The molecular formula is C20H23N5O2S. The molecule has 1 unspecified atom stereocenters. The molecule has 0 bridgehead atoms. The summed E-state index contributed by atoms with van der Waals surface area (Å²) in [7, 11) is -3.52. The predicted molar refractivity (Wildman–Crippen MR) is 105 cm³/mol. The van der Waals surface area contributed by atoms with E-state index in [9.17, 15) is 8.42 Å². The summed E-state index contributed by atoms with van der Waals surface area (Å²) in [5, 5.41) is 8.40. The van der Waals surface area contributed by atoms with Gasteiger partial charge < -0.3 is 9.13 Å². The molecule has 1 saturated carbocycles. The van der Waals surface area contributed by atoms with Gasteiger partial charge >= 0.3 is 0 Å². The Labute approximate surface area is 164 Å². The molecule has 2 aliphatic rings. The van der Waals surface area contributed by atoms with Crippen LogP contribution in [-0.2, 0) is 10.0 Å². The van der Waals surface area contributed by atoms with Crippen molar-refractivity contribution in [2.45, 2.75) is 42.5 Å². The molecule has 28 heavy (non-hydrogen) atoms. The quantitative estimate of drug-likeness (QED) is 0.663. The summed E-state index contributed by atoms with van der Waals surface area (Å²) in [6.45, 7) is 1.02. The molecule has 0 N–H and O–H groups in total. The van der Waals surface area contributed by atoms with Crippen molar-refractivity contribution in [1.29, 1.82) is 0 Å². The summed E-state index contributed by atoms with van der Waals surface area (Å²) in [5.74, 6) is 1.04. The molecule has 7 nitrogen and oxygen atoms in total. The van der Waals surface area contributed by atoms with E-state index >= 15 is 0 Å². The van der Waals surface area contributed by atoms with Crippen LogP contribution < -0.4 is 0 Å². The summed E-state index contributed by atoms with van der Waals surface area (Å²) in [4.78, 5) is 0.340. The zero-order valence-corrected chi connectivity index (χ0v) is 16.4. The van der Waals surface area contributed by atoms with E-state index in [4.69, 9.17) is 0 Å². The van der Waals surface area contributed by atoms with Crippen LogP contribution in [0.15, 0.2) is 60.0 Å². The molecule has 1 aliphatic heterocycles. The standard InChI is InChI=1S/C20H23N5O2S/c26-28(27,19-9-7-17(8-10-19)23-11-1-2-12-23)24-13-3-4-16(14-24)20-22-21-15-25(20)18-5-6-18/h1-2,7-12,15-16,18H,3-6,13-14H2. The van der Waals surface area contributed by atoms with Crippen LogP contribution in [0.2, 0.25) is 0 Å². The van der Waals surface area contributed by atoms with E-state index in [0.29, 0.717) is 24.0 Å². The first-order chi connectivity index (χ1) is 13.6. The zero-order valence-electron chi connectivity index (χ0n) is 15.6. The molecule has 5 rings (SSSR count). The van der Waals surface area contributed by atoms with Crippen LogP contribution in [0.1, 0.15) is 43.5 Å². The van der Waals surface area contributed by atoms with Crippen molar-refractivity contribution >= 4 is 10.0 Å². The molecule has 146 valence electrons. The van der Waals surface area contributed by atoms with Crippen LogP contribution >= 0.6 is 0 Å². The molecule has 3 aromatic rings. The van der Waals surface area contributed by atoms with Gasteiger partial charge in [-0.25, -0.2) is 8.42 Å². The third-order valence-electron chi connectivity index (χ3n) is 5.67. The van der Waals surface area contributed by atoms with Gasteiger partial charge in [-0.2, -0.15) is 4.31 Å². The van der Waals surface area contributed by atoms with Crippen molar-refractivity contribution < 1.29 is 8.42 Å². The zero-order chi connectivity index (χ0) is 19.1. The lowest BCUT2D eigenvalue weighted by Crippen LogP contribution is -2.39. The van der Waals surface area contributed by atoms with E-state index in [1.165, 1.54) is 0 Å². The highest BCUT2D eigenvalue weighted by molar-refractivity contribution is 7.89. The fraction of sp³-hybridized carbons (Fsp3) is 0.400. The summed E-state index contributed by atoms with van der Waals surface area (Å²) >= 11 is 0. The van der Waals surface area contributed by atoms with E-state index in [1.54, 1.807) is 22.8 Å². The van der Waals surface area contributed by atoms with Crippen molar-refractivity contribution in [3.05, 3.63) is 60.9 Å². The molecule has 1 aromatic carbocycles. The van der Waals surface area contributed by atoms with Crippen LogP contribution in [0.5, 0.6) is 0 Å². The van der Waals surface area contributed by atoms with Crippen molar-refractivity contribution in [1.82, 2.24) is 23.6 Å². The Morgan fingerprint density at radius 3 is 2.46 bits per heavy atom. The van der Waals surface area contributed by atoms with E-state index in [2.05, 4.69) is 14.8 Å². The Morgan fingerprint density at radius 2 is 1.75 bits per heavy atom. The first-order valence-corrected chi connectivity index (χ1v) is 11.2. The Hall–Kier alpha value is -2.45. The van der Waals surface area contributed by atoms with Gasteiger partial charge in [0.1, 0.15) is 12.2 Å². The predicted octanol–water partition coefficient (Wildman–Crippen LogP) is 2.97. The second-order valence-electron chi connectivity index (χ2n) is 7.61. The maximum atomic E-state index is 13.2. The van der Waals surface area contributed by atoms with Gasteiger partial charge in [-0.1, -0.05) is 0 Å². The molecule has 2 aromatic heterocycles. The first-order valence-electron chi connectivity index (χ1n) is 9.76. The highest BCUT2D eigenvalue weighted by Gasteiger charge is 2.35. The normalized spacial score (nSPS) is 21.1. The molecule has 0 amide bonds. The number of hydrogen-bond donors (Lipinski definition) is 0. The average Bonchev–Trinajstić information content (AvgIpc) is 3.21. The minimum absolute atomic E-state index is 0.103. The van der Waals surface area contributed by atoms with E-state index in [1.807, 2.05) is 41.2 Å². The number of nitrogens with zero attached hydrogens (tertiary/aromatic N) is 5. The molecule has 1 aliphatic carbocycles. The van der Waals surface area contributed by atoms with Crippen LogP contribution in [0.3, 0.4) is 0 Å². The van der Waals surface area contributed by atoms with Crippen molar-refractivity contribution in [2.75, 3.05) is 13.1 Å². The van der Waals surface area contributed by atoms with E-state index in [0.717, 1.165) is 37.2 Å². The number of sulfonamides is 1. The SMILES string of the molecule is O=S(=O)(c1ccc(-n2cccc2)cc1)N1CCCC(c2nncn2C2CC2)C1. The minimum atomic E-state index is -3.52. The molecule has 1 saturated heterocycles. The lowest BCUT2D eigenvalue weighted by Gasteiger charge is -2.31. The first kappa shape index (κ1) is 17.6. The van der Waals surface area contributed by atoms with Crippen LogP contribution in [0.4, 0.5) is 0 Å². The van der Waals surface area contributed by atoms with Gasteiger partial charge in [0, 0.05) is 43.1 Å². The largest absolute Gasteiger partial charge is 0.324 e. The third kappa shape index (κ3) is 3.16. The van der Waals surface area contributed by atoms with E-state index < -0.39 is 10.0 Å². The summed E-state index contributed by atoms with van der Waals surface area (Å²) in [6.07, 6.45) is 9.78. The highest BCUT2D eigenvalue weighted by atomic mass is 32.2. The lowest BCUT2D eigenvalue weighted by molar-refractivity contribution is 0.304. The van der Waals surface area contributed by atoms with Crippen LogP contribution in [0.25, 0.3) is 5.69 Å². The Bertz CT molecular complexity index is 1050. The van der Waals surface area contributed by atoms with Gasteiger partial charge in [0.25, 0.3) is 0 Å². The van der Waals surface area contributed by atoms with Gasteiger partial charge in [-0.05, 0) is 62.1 Å². The number of hydrogen-bond acceptors (Lipinski definition) is 4. The Balaban J connectivity index is 1.37. The third-order valence-corrected chi connectivity index (χ3v) is 7.55. The lowest BCUT2D eigenvalue weighted by atomic mass is 9.99. The number of rotatable bonds is 5. The molecule has 8 heteroatoms. The van der Waals surface area contributed by atoms with Gasteiger partial charge in [-0.3, -0.25) is 0 Å². The number of aromatic nitrogens is 4. The van der Waals surface area contributed by atoms with E-state index in [-0.39, 0.29) is 5.92 Å². The molecular weight excluding hydrogens is 374 g/mol. The Kier molecular flexibility index (Phi) is 4.32. The molecule has 1 atom stereocenters. The maximum absolute atomic E-state index is 13.2. The molecule has 0 radical (unpaired) electrons. The van der Waals surface area contributed by atoms with Crippen LogP contribution in [-0.4, -0.2) is 45.1 Å². The fourth-order valence-electron chi connectivity index (χ4n) is 4.00. The minimum Gasteiger partial charge on any atom is -0.324 e. The van der Waals surface area contributed by atoms with Crippen molar-refractivity contribution in [3.63, 3.8) is 0 Å². The summed E-state index contributed by atoms with van der Waals surface area (Å²) in [6, 6.07) is 11.5. The van der Waals surface area contributed by atoms with Crippen molar-refractivity contribution in [2.24, 2.45) is 0 Å².